The first-order valence-corrected chi connectivity index (χ1v) is 7.44. The summed E-state index contributed by atoms with van der Waals surface area (Å²) in [6.45, 7) is 2.00. The van der Waals surface area contributed by atoms with Gasteiger partial charge in [0, 0.05) is 16.6 Å². The number of hydrogen-bond donors (Lipinski definition) is 3. The highest BCUT2D eigenvalue weighted by Crippen LogP contribution is 2.21. The number of hydrogen-bond acceptors (Lipinski definition) is 4. The highest BCUT2D eigenvalue weighted by Gasteiger charge is 2.11. The molecule has 0 saturated heterocycles. The molecule has 0 aliphatic rings. The number of ether oxygens (including phenoxy) is 1. The Bertz CT molecular complexity index is 888. The van der Waals surface area contributed by atoms with Crippen LogP contribution in [0.15, 0.2) is 48.7 Å². The van der Waals surface area contributed by atoms with Crippen LogP contribution in [-0.2, 0) is 4.74 Å². The van der Waals surface area contributed by atoms with Gasteiger partial charge in [-0.3, -0.25) is 15.2 Å². The lowest BCUT2D eigenvalue weighted by Crippen LogP contribution is -2.15. The summed E-state index contributed by atoms with van der Waals surface area (Å²) in [7, 11) is 0. The van der Waals surface area contributed by atoms with E-state index < -0.39 is 6.09 Å². The van der Waals surface area contributed by atoms with E-state index >= 15 is 0 Å². The van der Waals surface area contributed by atoms with Crippen molar-refractivity contribution in [3.8, 4) is 0 Å². The third-order valence-electron chi connectivity index (χ3n) is 3.37. The maximum Gasteiger partial charge on any atom is 0.411 e. The van der Waals surface area contributed by atoms with Crippen LogP contribution in [0, 0.1) is 0 Å². The molecule has 1 aromatic heterocycles. The number of fused-ring (bicyclic) bond motifs is 1. The highest BCUT2D eigenvalue weighted by molar-refractivity contribution is 6.08. The van der Waals surface area contributed by atoms with Gasteiger partial charge in [-0.25, -0.2) is 4.79 Å². The van der Waals surface area contributed by atoms with Crippen LogP contribution in [0.5, 0.6) is 0 Å². The molecule has 0 spiro atoms. The molecule has 0 bridgehead atoms. The van der Waals surface area contributed by atoms with Crippen LogP contribution in [0.3, 0.4) is 0 Å². The summed E-state index contributed by atoms with van der Waals surface area (Å²) in [4.78, 5) is 23.9. The molecule has 0 aliphatic heterocycles. The molecular formula is C17H16N4O3. The number of carbonyl (C=O) groups excluding carboxylic acids is 2. The van der Waals surface area contributed by atoms with Crippen LogP contribution < -0.4 is 10.6 Å². The van der Waals surface area contributed by atoms with Crippen LogP contribution in [-0.4, -0.2) is 28.8 Å². The largest absolute Gasteiger partial charge is 0.450 e. The van der Waals surface area contributed by atoms with Gasteiger partial charge in [-0.2, -0.15) is 5.10 Å². The summed E-state index contributed by atoms with van der Waals surface area (Å²) >= 11 is 0. The van der Waals surface area contributed by atoms with Crippen molar-refractivity contribution < 1.29 is 14.3 Å². The second kappa shape index (κ2) is 6.82. The molecule has 0 unspecified atom stereocenters. The molecule has 3 aromatic rings. The van der Waals surface area contributed by atoms with Gasteiger partial charge in [-0.15, -0.1) is 0 Å². The lowest BCUT2D eigenvalue weighted by atomic mass is 10.1. The van der Waals surface area contributed by atoms with Crippen molar-refractivity contribution in [1.82, 2.24) is 10.2 Å². The first kappa shape index (κ1) is 15.5. The highest BCUT2D eigenvalue weighted by atomic mass is 16.5. The van der Waals surface area contributed by atoms with E-state index in [0.29, 0.717) is 16.9 Å². The van der Waals surface area contributed by atoms with Gasteiger partial charge in [-0.05, 0) is 31.2 Å². The fraction of sp³-hybridized carbons (Fsp3) is 0.118. The predicted octanol–water partition coefficient (Wildman–Crippen LogP) is 3.38. The average Bonchev–Trinajstić information content (AvgIpc) is 3.05. The summed E-state index contributed by atoms with van der Waals surface area (Å²) in [5.74, 6) is -0.287. The molecule has 122 valence electrons. The Morgan fingerprint density at radius 1 is 1.17 bits per heavy atom. The molecule has 2 amide bonds. The zero-order valence-corrected chi connectivity index (χ0v) is 13.0. The molecule has 0 fully saturated rings. The minimum atomic E-state index is -0.558. The van der Waals surface area contributed by atoms with Crippen molar-refractivity contribution >= 4 is 34.3 Å². The van der Waals surface area contributed by atoms with E-state index in [2.05, 4.69) is 20.8 Å². The fourth-order valence-corrected chi connectivity index (χ4v) is 2.29. The van der Waals surface area contributed by atoms with Gasteiger partial charge in [0.1, 0.15) is 0 Å². The fourth-order valence-electron chi connectivity index (χ4n) is 2.29. The van der Waals surface area contributed by atoms with Crippen molar-refractivity contribution in [3.63, 3.8) is 0 Å². The van der Waals surface area contributed by atoms with Gasteiger partial charge in [0.05, 0.1) is 24.0 Å². The minimum Gasteiger partial charge on any atom is -0.450 e. The second-order valence-corrected chi connectivity index (χ2v) is 5.02. The smallest absolute Gasteiger partial charge is 0.411 e. The molecule has 0 radical (unpaired) electrons. The van der Waals surface area contributed by atoms with Gasteiger partial charge >= 0.3 is 6.09 Å². The normalized spacial score (nSPS) is 10.4. The van der Waals surface area contributed by atoms with Gasteiger partial charge in [0.25, 0.3) is 5.91 Å². The number of carbonyl (C=O) groups is 2. The van der Waals surface area contributed by atoms with Crippen molar-refractivity contribution in [2.75, 3.05) is 17.2 Å². The number of nitrogens with one attached hydrogen (secondary N) is 3. The second-order valence-electron chi connectivity index (χ2n) is 5.02. The lowest BCUT2D eigenvalue weighted by Gasteiger charge is -2.09. The molecule has 7 heteroatoms. The van der Waals surface area contributed by atoms with Gasteiger partial charge < -0.3 is 10.1 Å². The number of aromatic nitrogens is 2. The molecule has 0 aliphatic carbocycles. The van der Waals surface area contributed by atoms with E-state index in [1.165, 1.54) is 0 Å². The van der Waals surface area contributed by atoms with Crippen molar-refractivity contribution in [1.29, 1.82) is 0 Å². The lowest BCUT2D eigenvalue weighted by molar-refractivity contribution is 0.102. The van der Waals surface area contributed by atoms with Gasteiger partial charge in [-0.1, -0.05) is 18.2 Å². The van der Waals surface area contributed by atoms with Crippen molar-refractivity contribution in [2.45, 2.75) is 6.92 Å². The minimum absolute atomic E-state index is 0.278. The maximum absolute atomic E-state index is 12.5. The third kappa shape index (κ3) is 3.35. The molecule has 3 N–H and O–H groups in total. The van der Waals surface area contributed by atoms with Crippen LogP contribution in [0.25, 0.3) is 10.9 Å². The summed E-state index contributed by atoms with van der Waals surface area (Å²) in [5, 5.41) is 13.1. The topological polar surface area (TPSA) is 96.1 Å². The number of anilines is 2. The monoisotopic (exact) mass is 324 g/mol. The number of amides is 2. The van der Waals surface area contributed by atoms with Gasteiger partial charge in [0.2, 0.25) is 0 Å². The molecule has 7 nitrogen and oxygen atoms in total. The first-order valence-electron chi connectivity index (χ1n) is 7.44. The molecule has 0 saturated carbocycles. The number of rotatable bonds is 4. The Morgan fingerprint density at radius 3 is 2.83 bits per heavy atom. The standard InChI is InChI=1S/C17H16N4O3/c1-2-24-17(23)19-13-7-3-5-11(9-13)16(22)20-14-8-4-6-12-10-18-21-15(12)14/h3-10H,2H2,1H3,(H,18,21)(H,19,23)(H,20,22). The SMILES string of the molecule is CCOC(=O)Nc1cccc(C(=O)Nc2cccc3cn[nH]c23)c1. The predicted molar refractivity (Wildman–Crippen MR) is 91.1 cm³/mol. The number of aromatic amines is 1. The Kier molecular flexibility index (Phi) is 4.42. The van der Waals surface area contributed by atoms with Crippen molar-refractivity contribution in [3.05, 3.63) is 54.2 Å². The van der Waals surface area contributed by atoms with Crippen LogP contribution in [0.4, 0.5) is 16.2 Å². The van der Waals surface area contributed by atoms with E-state index in [-0.39, 0.29) is 12.5 Å². The first-order chi connectivity index (χ1) is 11.7. The number of nitrogens with zero attached hydrogens (tertiary/aromatic N) is 1. The Hall–Kier alpha value is -3.35. The molecule has 0 atom stereocenters. The summed E-state index contributed by atoms with van der Waals surface area (Å²) in [6, 6.07) is 12.2. The molecule has 2 aromatic carbocycles. The summed E-state index contributed by atoms with van der Waals surface area (Å²) in [5.41, 5.74) is 2.30. The van der Waals surface area contributed by atoms with E-state index in [1.807, 2.05) is 12.1 Å². The van der Waals surface area contributed by atoms with E-state index in [0.717, 1.165) is 10.9 Å². The number of benzene rings is 2. The van der Waals surface area contributed by atoms with Crippen LogP contribution >= 0.6 is 0 Å². The average molecular weight is 324 g/mol. The summed E-state index contributed by atoms with van der Waals surface area (Å²) < 4.78 is 4.82. The van der Waals surface area contributed by atoms with Crippen molar-refractivity contribution in [2.24, 2.45) is 0 Å². The van der Waals surface area contributed by atoms with E-state index in [1.54, 1.807) is 43.5 Å². The molecule has 3 rings (SSSR count). The Balaban J connectivity index is 1.78. The van der Waals surface area contributed by atoms with Crippen LogP contribution in [0.1, 0.15) is 17.3 Å². The third-order valence-corrected chi connectivity index (χ3v) is 3.37. The zero-order chi connectivity index (χ0) is 16.9. The number of H-pyrrole nitrogens is 1. The zero-order valence-electron chi connectivity index (χ0n) is 13.0. The molecule has 24 heavy (non-hydrogen) atoms. The molecule has 1 heterocycles. The maximum atomic E-state index is 12.5. The van der Waals surface area contributed by atoms with Crippen LogP contribution in [0.2, 0.25) is 0 Å². The Labute approximate surface area is 138 Å². The Morgan fingerprint density at radius 2 is 2.00 bits per heavy atom. The van der Waals surface area contributed by atoms with Gasteiger partial charge in [0.15, 0.2) is 0 Å². The van der Waals surface area contributed by atoms with E-state index in [9.17, 15) is 9.59 Å². The summed E-state index contributed by atoms with van der Waals surface area (Å²) in [6.07, 6.45) is 1.13. The van der Waals surface area contributed by atoms with E-state index in [4.69, 9.17) is 4.74 Å². The quantitative estimate of drug-likeness (QED) is 0.685. The number of para-hydroxylation sites is 1. The molecular weight excluding hydrogens is 308 g/mol.